The summed E-state index contributed by atoms with van der Waals surface area (Å²) in [6.45, 7) is 0. The number of hydrogen-bond donors (Lipinski definition) is 1. The van der Waals surface area contributed by atoms with Crippen molar-refractivity contribution in [1.29, 1.82) is 0 Å². The number of benzene rings is 2. The third-order valence-electron chi connectivity index (χ3n) is 3.36. The van der Waals surface area contributed by atoms with Crippen LogP contribution in [0.25, 0.3) is 0 Å². The van der Waals surface area contributed by atoms with E-state index in [9.17, 15) is 5.11 Å². The Morgan fingerprint density at radius 3 is 2.29 bits per heavy atom. The van der Waals surface area contributed by atoms with Crippen molar-refractivity contribution in [2.75, 3.05) is 21.3 Å². The fraction of sp³-hybridized carbons (Fsp3) is 0.294. The molecule has 0 aliphatic rings. The average molecular weight is 288 g/mol. The van der Waals surface area contributed by atoms with Crippen molar-refractivity contribution >= 4 is 0 Å². The molecule has 1 N–H and O–H groups in total. The van der Waals surface area contributed by atoms with E-state index in [-0.39, 0.29) is 5.75 Å². The van der Waals surface area contributed by atoms with E-state index in [1.165, 1.54) is 12.7 Å². The van der Waals surface area contributed by atoms with Gasteiger partial charge in [-0.1, -0.05) is 12.1 Å². The SMILES string of the molecule is COc1cccc(CCc2cc(O)c(OC)c(OC)c2)c1. The summed E-state index contributed by atoms with van der Waals surface area (Å²) in [5.74, 6) is 1.85. The first-order valence-electron chi connectivity index (χ1n) is 6.74. The number of phenols is 1. The molecule has 0 spiro atoms. The highest BCUT2D eigenvalue weighted by Gasteiger charge is 2.11. The molecule has 4 nitrogen and oxygen atoms in total. The molecule has 112 valence electrons. The Labute approximate surface area is 124 Å². The molecule has 0 bridgehead atoms. The van der Waals surface area contributed by atoms with Crippen molar-refractivity contribution in [2.45, 2.75) is 12.8 Å². The molecule has 0 radical (unpaired) electrons. The lowest BCUT2D eigenvalue weighted by Gasteiger charge is -2.12. The normalized spacial score (nSPS) is 10.2. The number of methoxy groups -OCH3 is 3. The van der Waals surface area contributed by atoms with Crippen molar-refractivity contribution in [3.8, 4) is 23.0 Å². The van der Waals surface area contributed by atoms with Crippen LogP contribution in [-0.4, -0.2) is 26.4 Å². The first-order chi connectivity index (χ1) is 10.2. The number of aryl methyl sites for hydroxylation is 2. The van der Waals surface area contributed by atoms with E-state index < -0.39 is 0 Å². The van der Waals surface area contributed by atoms with Crippen LogP contribution in [0.2, 0.25) is 0 Å². The summed E-state index contributed by atoms with van der Waals surface area (Å²) < 4.78 is 15.6. The van der Waals surface area contributed by atoms with Crippen LogP contribution in [0.5, 0.6) is 23.0 Å². The number of phenolic OH excluding ortho intramolecular Hbond substituents is 1. The van der Waals surface area contributed by atoms with Crippen LogP contribution >= 0.6 is 0 Å². The molecule has 4 heteroatoms. The quantitative estimate of drug-likeness (QED) is 0.886. The minimum Gasteiger partial charge on any atom is -0.504 e. The Kier molecular flexibility index (Phi) is 4.93. The number of rotatable bonds is 6. The maximum atomic E-state index is 9.96. The number of hydrogen-bond acceptors (Lipinski definition) is 4. The molecular formula is C17H20O4. The summed E-state index contributed by atoms with van der Waals surface area (Å²) in [5.41, 5.74) is 2.18. The molecule has 0 atom stereocenters. The minimum atomic E-state index is 0.0949. The fourth-order valence-corrected chi connectivity index (χ4v) is 2.26. The van der Waals surface area contributed by atoms with E-state index in [0.29, 0.717) is 11.5 Å². The number of ether oxygens (including phenoxy) is 3. The van der Waals surface area contributed by atoms with Gasteiger partial charge in [0, 0.05) is 0 Å². The zero-order chi connectivity index (χ0) is 15.2. The highest BCUT2D eigenvalue weighted by atomic mass is 16.5. The molecule has 0 unspecified atom stereocenters. The zero-order valence-corrected chi connectivity index (χ0v) is 12.6. The topological polar surface area (TPSA) is 47.9 Å². The molecule has 0 saturated carbocycles. The molecular weight excluding hydrogens is 268 g/mol. The Bertz CT molecular complexity index is 608. The van der Waals surface area contributed by atoms with Gasteiger partial charge in [0.1, 0.15) is 5.75 Å². The molecule has 0 aliphatic carbocycles. The van der Waals surface area contributed by atoms with Gasteiger partial charge in [0.15, 0.2) is 11.5 Å². The molecule has 2 rings (SSSR count). The third-order valence-corrected chi connectivity index (χ3v) is 3.36. The first kappa shape index (κ1) is 15.0. The highest BCUT2D eigenvalue weighted by Crippen LogP contribution is 2.37. The standard InChI is InChI=1S/C17H20O4/c1-19-14-6-4-5-12(9-14)7-8-13-10-15(18)17(21-3)16(11-13)20-2/h4-6,9-11,18H,7-8H2,1-3H3. The van der Waals surface area contributed by atoms with Crippen LogP contribution < -0.4 is 14.2 Å². The van der Waals surface area contributed by atoms with Gasteiger partial charge in [0.05, 0.1) is 21.3 Å². The van der Waals surface area contributed by atoms with Gasteiger partial charge >= 0.3 is 0 Å². The second kappa shape index (κ2) is 6.88. The van der Waals surface area contributed by atoms with Gasteiger partial charge < -0.3 is 19.3 Å². The van der Waals surface area contributed by atoms with Crippen molar-refractivity contribution in [3.63, 3.8) is 0 Å². The summed E-state index contributed by atoms with van der Waals surface area (Å²) in [4.78, 5) is 0. The minimum absolute atomic E-state index is 0.0949. The molecule has 2 aromatic rings. The smallest absolute Gasteiger partial charge is 0.203 e. The first-order valence-corrected chi connectivity index (χ1v) is 6.74. The van der Waals surface area contributed by atoms with Gasteiger partial charge in [-0.25, -0.2) is 0 Å². The molecule has 0 fully saturated rings. The van der Waals surface area contributed by atoms with Gasteiger partial charge in [0.25, 0.3) is 0 Å². The Morgan fingerprint density at radius 1 is 0.857 bits per heavy atom. The van der Waals surface area contributed by atoms with E-state index in [2.05, 4.69) is 6.07 Å². The zero-order valence-electron chi connectivity index (χ0n) is 12.6. The predicted molar refractivity (Wildman–Crippen MR) is 81.6 cm³/mol. The van der Waals surface area contributed by atoms with Crippen molar-refractivity contribution < 1.29 is 19.3 Å². The summed E-state index contributed by atoms with van der Waals surface area (Å²) in [6.07, 6.45) is 1.65. The summed E-state index contributed by atoms with van der Waals surface area (Å²) in [5, 5.41) is 9.96. The largest absolute Gasteiger partial charge is 0.504 e. The lowest BCUT2D eigenvalue weighted by Crippen LogP contribution is -1.96. The Morgan fingerprint density at radius 2 is 1.62 bits per heavy atom. The maximum Gasteiger partial charge on any atom is 0.203 e. The van der Waals surface area contributed by atoms with Gasteiger partial charge in [-0.15, -0.1) is 0 Å². The molecule has 0 amide bonds. The summed E-state index contributed by atoms with van der Waals surface area (Å²) in [7, 11) is 4.72. The van der Waals surface area contributed by atoms with Crippen LogP contribution in [-0.2, 0) is 12.8 Å². The van der Waals surface area contributed by atoms with E-state index in [1.807, 2.05) is 24.3 Å². The van der Waals surface area contributed by atoms with Gasteiger partial charge in [0.2, 0.25) is 5.75 Å². The molecule has 0 aromatic heterocycles. The van der Waals surface area contributed by atoms with Crippen LogP contribution in [0.4, 0.5) is 0 Å². The molecule has 0 heterocycles. The van der Waals surface area contributed by atoms with Crippen molar-refractivity contribution in [2.24, 2.45) is 0 Å². The van der Waals surface area contributed by atoms with Crippen molar-refractivity contribution in [1.82, 2.24) is 0 Å². The van der Waals surface area contributed by atoms with E-state index in [0.717, 1.165) is 24.2 Å². The lowest BCUT2D eigenvalue weighted by atomic mass is 10.0. The third kappa shape index (κ3) is 3.60. The lowest BCUT2D eigenvalue weighted by molar-refractivity contribution is 0.332. The predicted octanol–water partition coefficient (Wildman–Crippen LogP) is 3.20. The molecule has 21 heavy (non-hydrogen) atoms. The Hall–Kier alpha value is -2.36. The van der Waals surface area contributed by atoms with Crippen LogP contribution in [0.3, 0.4) is 0 Å². The van der Waals surface area contributed by atoms with Gasteiger partial charge in [-0.3, -0.25) is 0 Å². The van der Waals surface area contributed by atoms with E-state index >= 15 is 0 Å². The summed E-state index contributed by atoms with van der Waals surface area (Å²) >= 11 is 0. The van der Waals surface area contributed by atoms with Crippen LogP contribution in [0.1, 0.15) is 11.1 Å². The summed E-state index contributed by atoms with van der Waals surface area (Å²) in [6, 6.07) is 11.6. The Balaban J connectivity index is 2.14. The average Bonchev–Trinajstić information content (AvgIpc) is 2.52. The van der Waals surface area contributed by atoms with Gasteiger partial charge in [-0.05, 0) is 48.2 Å². The van der Waals surface area contributed by atoms with E-state index in [4.69, 9.17) is 14.2 Å². The molecule has 2 aromatic carbocycles. The second-order valence-corrected chi connectivity index (χ2v) is 4.70. The van der Waals surface area contributed by atoms with Crippen molar-refractivity contribution in [3.05, 3.63) is 47.5 Å². The highest BCUT2D eigenvalue weighted by molar-refractivity contribution is 5.53. The van der Waals surface area contributed by atoms with Crippen LogP contribution in [0.15, 0.2) is 36.4 Å². The van der Waals surface area contributed by atoms with Crippen LogP contribution in [0, 0.1) is 0 Å². The maximum absolute atomic E-state index is 9.96. The number of aromatic hydroxyl groups is 1. The molecule has 0 aliphatic heterocycles. The van der Waals surface area contributed by atoms with Gasteiger partial charge in [-0.2, -0.15) is 0 Å². The monoisotopic (exact) mass is 288 g/mol. The molecule has 0 saturated heterocycles. The van der Waals surface area contributed by atoms with E-state index in [1.54, 1.807) is 20.3 Å². The second-order valence-electron chi connectivity index (χ2n) is 4.70. The fourth-order valence-electron chi connectivity index (χ4n) is 2.26.